The van der Waals surface area contributed by atoms with E-state index in [4.69, 9.17) is 4.74 Å². The van der Waals surface area contributed by atoms with Gasteiger partial charge in [0.2, 0.25) is 5.91 Å². The lowest BCUT2D eigenvalue weighted by Gasteiger charge is -2.26. The number of benzene rings is 1. The second-order valence-electron chi connectivity index (χ2n) is 9.69. The molecule has 5 nitrogen and oxygen atoms in total. The number of hydrogen-bond acceptors (Lipinski definition) is 3. The standard InChI is InChI=1S/C23H35BN2O3/c1-6-14(11-25-22(28)29-7-2)21(27)26-12-18-19(13-26)20(18)15-8-16(23(3,4)5)10-17(24)9-15/h8-10,14,18-20H,6-7,11-13,24H2,1-5H3,(H,25,28)/t14-,18-,19+,20+/m1/s1. The van der Waals surface area contributed by atoms with Gasteiger partial charge in [-0.2, -0.15) is 0 Å². The van der Waals surface area contributed by atoms with Crippen LogP contribution in [0.1, 0.15) is 58.1 Å². The molecule has 29 heavy (non-hydrogen) atoms. The first-order valence-corrected chi connectivity index (χ1v) is 11.0. The summed E-state index contributed by atoms with van der Waals surface area (Å²) in [5.74, 6) is 1.71. The Morgan fingerprint density at radius 1 is 1.21 bits per heavy atom. The number of fused-ring (bicyclic) bond motifs is 1. The molecule has 1 aromatic rings. The van der Waals surface area contributed by atoms with Gasteiger partial charge in [-0.1, -0.05) is 51.4 Å². The summed E-state index contributed by atoms with van der Waals surface area (Å²) >= 11 is 0. The number of carbonyl (C=O) groups excluding carboxylic acids is 2. The zero-order valence-electron chi connectivity index (χ0n) is 18.7. The molecule has 158 valence electrons. The Morgan fingerprint density at radius 3 is 2.41 bits per heavy atom. The second-order valence-corrected chi connectivity index (χ2v) is 9.69. The molecule has 2 aliphatic rings. The van der Waals surface area contributed by atoms with Crippen molar-refractivity contribution in [2.45, 2.75) is 52.4 Å². The molecule has 3 rings (SSSR count). The van der Waals surface area contributed by atoms with Gasteiger partial charge in [0.1, 0.15) is 7.85 Å². The maximum absolute atomic E-state index is 12.9. The van der Waals surface area contributed by atoms with Gasteiger partial charge in [0.05, 0.1) is 12.5 Å². The minimum atomic E-state index is -0.447. The summed E-state index contributed by atoms with van der Waals surface area (Å²) in [6.45, 7) is 12.9. The zero-order chi connectivity index (χ0) is 21.3. The van der Waals surface area contributed by atoms with E-state index in [0.29, 0.717) is 37.3 Å². The monoisotopic (exact) mass is 398 g/mol. The van der Waals surface area contributed by atoms with Crippen LogP contribution in [-0.2, 0) is 14.9 Å². The quantitative estimate of drug-likeness (QED) is 0.748. The Morgan fingerprint density at radius 2 is 1.86 bits per heavy atom. The van der Waals surface area contributed by atoms with Crippen LogP contribution in [0.25, 0.3) is 0 Å². The summed E-state index contributed by atoms with van der Waals surface area (Å²) in [6, 6.07) is 6.99. The van der Waals surface area contributed by atoms with Gasteiger partial charge in [-0.25, -0.2) is 4.79 Å². The highest BCUT2D eigenvalue weighted by Gasteiger charge is 2.57. The van der Waals surface area contributed by atoms with Crippen LogP contribution in [0.5, 0.6) is 0 Å². The van der Waals surface area contributed by atoms with Gasteiger partial charge in [-0.3, -0.25) is 4.79 Å². The number of ether oxygens (including phenoxy) is 1. The van der Waals surface area contributed by atoms with E-state index in [1.54, 1.807) is 6.92 Å². The molecule has 0 unspecified atom stereocenters. The van der Waals surface area contributed by atoms with Gasteiger partial charge in [0, 0.05) is 19.6 Å². The molecule has 1 saturated carbocycles. The first-order chi connectivity index (χ1) is 13.7. The number of alkyl carbamates (subject to hydrolysis) is 1. The number of nitrogens with one attached hydrogen (secondary N) is 1. The van der Waals surface area contributed by atoms with Crippen molar-refractivity contribution in [3.05, 3.63) is 29.3 Å². The number of rotatable bonds is 6. The van der Waals surface area contributed by atoms with E-state index in [1.165, 1.54) is 16.6 Å². The van der Waals surface area contributed by atoms with Gasteiger partial charge in [0.15, 0.2) is 0 Å². The van der Waals surface area contributed by atoms with Crippen molar-refractivity contribution in [1.82, 2.24) is 10.2 Å². The van der Waals surface area contributed by atoms with E-state index in [0.717, 1.165) is 13.1 Å². The lowest BCUT2D eigenvalue weighted by Crippen LogP contribution is -2.41. The van der Waals surface area contributed by atoms with Crippen molar-refractivity contribution in [3.8, 4) is 0 Å². The highest BCUT2D eigenvalue weighted by atomic mass is 16.5. The fraction of sp³-hybridized carbons (Fsp3) is 0.652. The van der Waals surface area contributed by atoms with E-state index in [1.807, 2.05) is 11.8 Å². The van der Waals surface area contributed by atoms with E-state index in [-0.39, 0.29) is 17.2 Å². The van der Waals surface area contributed by atoms with Crippen LogP contribution in [0, 0.1) is 17.8 Å². The average molecular weight is 398 g/mol. The number of likely N-dealkylation sites (tertiary alicyclic amines) is 1. The average Bonchev–Trinajstić information content (AvgIpc) is 3.14. The summed E-state index contributed by atoms with van der Waals surface area (Å²) in [6.07, 6.45) is 0.269. The Hall–Kier alpha value is -1.98. The maximum atomic E-state index is 12.9. The molecule has 1 aromatic carbocycles. The molecule has 1 saturated heterocycles. The predicted molar refractivity (Wildman–Crippen MR) is 118 cm³/mol. The maximum Gasteiger partial charge on any atom is 0.407 e. The molecular weight excluding hydrogens is 363 g/mol. The topological polar surface area (TPSA) is 58.6 Å². The van der Waals surface area contributed by atoms with Gasteiger partial charge in [0.25, 0.3) is 0 Å². The summed E-state index contributed by atoms with van der Waals surface area (Å²) in [5, 5.41) is 2.71. The SMILES string of the molecule is Bc1cc([C@H]2[C@@H]3CN(C(=O)[C@H](CC)CNC(=O)OCC)C[C@@H]32)cc(C(C)(C)C)c1. The highest BCUT2D eigenvalue weighted by Crippen LogP contribution is 2.58. The van der Waals surface area contributed by atoms with Gasteiger partial charge in [-0.05, 0) is 47.6 Å². The first-order valence-electron chi connectivity index (χ1n) is 11.0. The molecule has 0 radical (unpaired) electrons. The smallest absolute Gasteiger partial charge is 0.407 e. The Labute approximate surface area is 176 Å². The Bertz CT molecular complexity index is 762. The van der Waals surface area contributed by atoms with Crippen LogP contribution in [-0.4, -0.2) is 51.0 Å². The highest BCUT2D eigenvalue weighted by molar-refractivity contribution is 6.32. The Balaban J connectivity index is 1.59. The molecule has 2 fully saturated rings. The minimum Gasteiger partial charge on any atom is -0.450 e. The van der Waals surface area contributed by atoms with Gasteiger partial charge < -0.3 is 15.0 Å². The summed E-state index contributed by atoms with van der Waals surface area (Å²) in [4.78, 5) is 26.5. The third kappa shape index (κ3) is 4.79. The van der Waals surface area contributed by atoms with Crippen molar-refractivity contribution in [2.24, 2.45) is 17.8 Å². The molecule has 4 atom stereocenters. The minimum absolute atomic E-state index is 0.146. The number of piperidine rings is 1. The van der Waals surface area contributed by atoms with Crippen molar-refractivity contribution in [1.29, 1.82) is 0 Å². The number of carbonyl (C=O) groups is 2. The third-order valence-corrected chi connectivity index (χ3v) is 6.47. The van der Waals surface area contributed by atoms with E-state index < -0.39 is 6.09 Å². The van der Waals surface area contributed by atoms with Crippen molar-refractivity contribution < 1.29 is 14.3 Å². The van der Waals surface area contributed by atoms with Crippen molar-refractivity contribution in [2.75, 3.05) is 26.2 Å². The molecule has 1 aliphatic heterocycles. The third-order valence-electron chi connectivity index (χ3n) is 6.47. The number of hydrogen-bond donors (Lipinski definition) is 1. The number of nitrogens with zero attached hydrogens (tertiary/aromatic N) is 1. The van der Waals surface area contributed by atoms with Crippen LogP contribution in [0.15, 0.2) is 18.2 Å². The summed E-state index contributed by atoms with van der Waals surface area (Å²) in [5.41, 5.74) is 4.29. The lowest BCUT2D eigenvalue weighted by molar-refractivity contribution is -0.135. The predicted octanol–water partition coefficient (Wildman–Crippen LogP) is 2.19. The summed E-state index contributed by atoms with van der Waals surface area (Å²) in [7, 11) is 2.18. The molecular formula is C23H35BN2O3. The van der Waals surface area contributed by atoms with Crippen LogP contribution < -0.4 is 10.8 Å². The zero-order valence-corrected chi connectivity index (χ0v) is 18.7. The molecule has 1 aliphatic carbocycles. The molecule has 1 N–H and O–H groups in total. The molecule has 0 spiro atoms. The second kappa shape index (κ2) is 8.41. The number of amides is 2. The largest absolute Gasteiger partial charge is 0.450 e. The van der Waals surface area contributed by atoms with Crippen LogP contribution >= 0.6 is 0 Å². The van der Waals surface area contributed by atoms with Crippen LogP contribution in [0.3, 0.4) is 0 Å². The van der Waals surface area contributed by atoms with E-state index in [2.05, 4.69) is 52.1 Å². The molecule has 0 bridgehead atoms. The first kappa shape index (κ1) is 21.7. The van der Waals surface area contributed by atoms with Crippen LogP contribution in [0.2, 0.25) is 0 Å². The normalized spacial score (nSPS) is 24.0. The molecule has 0 aromatic heterocycles. The van der Waals surface area contributed by atoms with E-state index >= 15 is 0 Å². The fourth-order valence-electron chi connectivity index (χ4n) is 4.69. The molecule has 2 amide bonds. The summed E-state index contributed by atoms with van der Waals surface area (Å²) < 4.78 is 4.90. The van der Waals surface area contributed by atoms with E-state index in [9.17, 15) is 9.59 Å². The lowest BCUT2D eigenvalue weighted by atomic mass is 9.81. The van der Waals surface area contributed by atoms with Crippen molar-refractivity contribution >= 4 is 25.3 Å². The van der Waals surface area contributed by atoms with Crippen molar-refractivity contribution in [3.63, 3.8) is 0 Å². The van der Waals surface area contributed by atoms with Gasteiger partial charge >= 0.3 is 6.09 Å². The molecule has 1 heterocycles. The van der Waals surface area contributed by atoms with Gasteiger partial charge in [-0.15, -0.1) is 0 Å². The molecule has 6 heteroatoms. The van der Waals surface area contributed by atoms with Crippen LogP contribution in [0.4, 0.5) is 4.79 Å². The Kier molecular flexibility index (Phi) is 6.30. The fourth-order valence-corrected chi connectivity index (χ4v) is 4.69.